The molecule has 1 saturated carbocycles. The smallest absolute Gasteiger partial charge is 0.420 e. The highest BCUT2D eigenvalue weighted by Gasteiger charge is 2.62. The Morgan fingerprint density at radius 3 is 2.50 bits per heavy atom. The van der Waals surface area contributed by atoms with Crippen LogP contribution in [-0.4, -0.2) is 70.4 Å². The Bertz CT molecular complexity index is 1150. The number of β-amino-alcohol motifs (C(OH)–C–C–N with tert-alkyl or cyclic N) is 1. The van der Waals surface area contributed by atoms with Crippen molar-refractivity contribution in [1.82, 2.24) is 14.9 Å². The third kappa shape index (κ3) is 5.83. The first-order chi connectivity index (χ1) is 18.0. The lowest BCUT2D eigenvalue weighted by atomic mass is 9.90. The van der Waals surface area contributed by atoms with E-state index in [2.05, 4.69) is 14.9 Å². The molecule has 38 heavy (non-hydrogen) atoms. The van der Waals surface area contributed by atoms with Crippen molar-refractivity contribution < 1.29 is 32.2 Å². The molecule has 3 aliphatic rings. The van der Waals surface area contributed by atoms with Crippen LogP contribution in [-0.2, 0) is 11.2 Å². The number of nitrogens with zero attached hydrogens (tertiary/aromatic N) is 4. The summed E-state index contributed by atoms with van der Waals surface area (Å²) in [6, 6.07) is 4.17. The molecule has 3 fully saturated rings. The summed E-state index contributed by atoms with van der Waals surface area (Å²) in [7, 11) is 0. The second-order valence-electron chi connectivity index (χ2n) is 10.5. The number of carbonyl (C=O) groups excluding carboxylic acids is 1. The number of halogens is 5. The van der Waals surface area contributed by atoms with Gasteiger partial charge in [0.05, 0.1) is 43.5 Å². The van der Waals surface area contributed by atoms with Crippen molar-refractivity contribution in [2.75, 3.05) is 37.7 Å². The average Bonchev–Trinajstić information content (AvgIpc) is 3.63. The van der Waals surface area contributed by atoms with E-state index in [1.807, 2.05) is 0 Å². The molecule has 3 heterocycles. The second kappa shape index (κ2) is 10.5. The molecule has 0 radical (unpaired) electrons. The molecule has 0 spiro atoms. The summed E-state index contributed by atoms with van der Waals surface area (Å²) >= 11 is 5.87. The first kappa shape index (κ1) is 26.9. The highest BCUT2D eigenvalue weighted by atomic mass is 35.5. The van der Waals surface area contributed by atoms with Crippen LogP contribution < -0.4 is 9.64 Å². The van der Waals surface area contributed by atoms with E-state index in [9.17, 15) is 27.5 Å². The maximum Gasteiger partial charge on any atom is 0.420 e. The van der Waals surface area contributed by atoms with Crippen LogP contribution in [0.3, 0.4) is 0 Å². The van der Waals surface area contributed by atoms with E-state index < -0.39 is 36.6 Å². The highest BCUT2D eigenvalue weighted by Crippen LogP contribution is 2.50. The van der Waals surface area contributed by atoms with E-state index in [1.165, 1.54) is 18.6 Å². The number of ether oxygens (including phenoxy) is 1. The molecule has 2 aliphatic heterocycles. The van der Waals surface area contributed by atoms with Gasteiger partial charge in [-0.1, -0.05) is 17.7 Å². The van der Waals surface area contributed by atoms with Gasteiger partial charge in [-0.15, -0.1) is 0 Å². The molecule has 5 rings (SSSR count). The number of hydrogen-bond acceptors (Lipinski definition) is 6. The number of aliphatic hydroxyl groups is 1. The number of rotatable bonds is 8. The number of carbonyl (C=O) groups is 1. The van der Waals surface area contributed by atoms with Gasteiger partial charge >= 0.3 is 6.18 Å². The number of benzene rings is 1. The normalized spacial score (nSPS) is 23.2. The summed E-state index contributed by atoms with van der Waals surface area (Å²) in [5.74, 6) is 1.67. The lowest BCUT2D eigenvalue weighted by Gasteiger charge is -2.46. The van der Waals surface area contributed by atoms with Crippen molar-refractivity contribution in [3.8, 4) is 5.75 Å². The Morgan fingerprint density at radius 2 is 1.87 bits per heavy atom. The van der Waals surface area contributed by atoms with Crippen LogP contribution >= 0.6 is 11.6 Å². The molecule has 1 amide bonds. The van der Waals surface area contributed by atoms with Gasteiger partial charge in [0.1, 0.15) is 11.6 Å². The topological polar surface area (TPSA) is 78.8 Å². The van der Waals surface area contributed by atoms with E-state index in [-0.39, 0.29) is 12.0 Å². The molecule has 1 N–H and O–H groups in total. The summed E-state index contributed by atoms with van der Waals surface area (Å²) in [6.07, 6.45) is 2.26. The molecule has 1 aromatic carbocycles. The van der Waals surface area contributed by atoms with Gasteiger partial charge in [0.15, 0.2) is 5.60 Å². The minimum Gasteiger partial charge on any atom is -0.493 e. The largest absolute Gasteiger partial charge is 0.493 e. The standard InChI is InChI=1S/C26H29ClF4N4O3/c27-19-12-32-24(33-13-19)34-6-3-16(4-7-34)21-9-17(21)5-8-38-20-2-1-18(22(28)11-20)10-23(36)35-14-25(37,15-35)26(29,30)31/h1-2,11-13,16-17,21,37H,3-10,14-15H2. The summed E-state index contributed by atoms with van der Waals surface area (Å²) in [5.41, 5.74) is -2.81. The Labute approximate surface area is 222 Å². The zero-order valence-corrected chi connectivity index (χ0v) is 21.4. The fraction of sp³-hybridized carbons (Fsp3) is 0.577. The predicted octanol–water partition coefficient (Wildman–Crippen LogP) is 4.27. The van der Waals surface area contributed by atoms with Gasteiger partial charge < -0.3 is 19.6 Å². The molecule has 2 aromatic rings. The van der Waals surface area contributed by atoms with Crippen molar-refractivity contribution in [1.29, 1.82) is 0 Å². The van der Waals surface area contributed by atoms with Gasteiger partial charge in [-0.2, -0.15) is 13.2 Å². The number of hydrogen-bond donors (Lipinski definition) is 1. The zero-order valence-electron chi connectivity index (χ0n) is 20.6. The molecule has 2 unspecified atom stereocenters. The molecular formula is C26H29ClF4N4O3. The molecule has 12 heteroatoms. The minimum absolute atomic E-state index is 0.0717. The Kier molecular flexibility index (Phi) is 7.43. The van der Waals surface area contributed by atoms with Crippen molar-refractivity contribution >= 4 is 23.5 Å². The number of aromatic nitrogens is 2. The van der Waals surface area contributed by atoms with Gasteiger partial charge in [0.25, 0.3) is 0 Å². The highest BCUT2D eigenvalue weighted by molar-refractivity contribution is 6.30. The molecule has 1 aromatic heterocycles. The molecular weight excluding hydrogens is 528 g/mol. The fourth-order valence-corrected chi connectivity index (χ4v) is 5.58. The zero-order chi connectivity index (χ0) is 27.1. The van der Waals surface area contributed by atoms with Crippen LogP contribution in [0.25, 0.3) is 0 Å². The first-order valence-corrected chi connectivity index (χ1v) is 13.1. The summed E-state index contributed by atoms with van der Waals surface area (Å²) in [4.78, 5) is 23.9. The van der Waals surface area contributed by atoms with Gasteiger partial charge in [0, 0.05) is 19.2 Å². The van der Waals surface area contributed by atoms with E-state index in [4.69, 9.17) is 16.3 Å². The molecule has 2 saturated heterocycles. The maximum absolute atomic E-state index is 14.5. The van der Waals surface area contributed by atoms with Crippen LogP contribution in [0.5, 0.6) is 5.75 Å². The van der Waals surface area contributed by atoms with Crippen molar-refractivity contribution in [2.45, 2.75) is 43.9 Å². The van der Waals surface area contributed by atoms with Crippen LogP contribution in [0.4, 0.5) is 23.5 Å². The number of piperidine rings is 1. The van der Waals surface area contributed by atoms with E-state index in [0.29, 0.717) is 41.1 Å². The van der Waals surface area contributed by atoms with Crippen molar-refractivity contribution in [2.24, 2.45) is 17.8 Å². The Morgan fingerprint density at radius 1 is 1.18 bits per heavy atom. The van der Waals surface area contributed by atoms with Crippen molar-refractivity contribution in [3.05, 3.63) is 47.0 Å². The van der Waals surface area contributed by atoms with E-state index in [1.54, 1.807) is 18.5 Å². The first-order valence-electron chi connectivity index (χ1n) is 12.7. The van der Waals surface area contributed by atoms with Crippen LogP contribution in [0.15, 0.2) is 30.6 Å². The van der Waals surface area contributed by atoms with Gasteiger partial charge in [-0.05, 0) is 55.1 Å². The molecule has 0 bridgehead atoms. The average molecular weight is 557 g/mol. The van der Waals surface area contributed by atoms with Gasteiger partial charge in [-0.25, -0.2) is 14.4 Å². The van der Waals surface area contributed by atoms with Gasteiger partial charge in [0.2, 0.25) is 11.9 Å². The Hall–Kier alpha value is -2.66. The monoisotopic (exact) mass is 556 g/mol. The summed E-state index contributed by atoms with van der Waals surface area (Å²) in [5, 5.41) is 10.0. The number of alkyl halides is 3. The summed E-state index contributed by atoms with van der Waals surface area (Å²) < 4.78 is 58.5. The van der Waals surface area contributed by atoms with Crippen LogP contribution in [0.1, 0.15) is 31.2 Å². The SMILES string of the molecule is O=C(Cc1ccc(OCCC2CC2C2CCN(c3ncc(Cl)cn3)CC2)cc1F)N1CC(O)(C(F)(F)F)C1. The minimum atomic E-state index is -4.81. The summed E-state index contributed by atoms with van der Waals surface area (Å²) in [6.45, 7) is 0.620. The van der Waals surface area contributed by atoms with Gasteiger partial charge in [-0.3, -0.25) is 4.79 Å². The van der Waals surface area contributed by atoms with E-state index >= 15 is 0 Å². The van der Waals surface area contributed by atoms with Crippen LogP contribution in [0, 0.1) is 23.6 Å². The molecule has 2 atom stereocenters. The number of likely N-dealkylation sites (tertiary alicyclic amines) is 1. The quantitative estimate of drug-likeness (QED) is 0.489. The Balaban J connectivity index is 1.01. The van der Waals surface area contributed by atoms with E-state index in [0.717, 1.165) is 37.3 Å². The predicted molar refractivity (Wildman–Crippen MR) is 131 cm³/mol. The molecule has 206 valence electrons. The molecule has 7 nitrogen and oxygen atoms in total. The number of anilines is 1. The molecule has 1 aliphatic carbocycles. The van der Waals surface area contributed by atoms with Crippen molar-refractivity contribution in [3.63, 3.8) is 0 Å². The maximum atomic E-state index is 14.5. The second-order valence-corrected chi connectivity index (χ2v) is 11.0. The fourth-order valence-electron chi connectivity index (χ4n) is 5.48. The lowest BCUT2D eigenvalue weighted by molar-refractivity contribution is -0.297. The lowest BCUT2D eigenvalue weighted by Crippen LogP contribution is -2.70. The third-order valence-corrected chi connectivity index (χ3v) is 8.12. The van der Waals surface area contributed by atoms with Crippen LogP contribution in [0.2, 0.25) is 5.02 Å². The third-order valence-electron chi connectivity index (χ3n) is 7.92. The number of amides is 1.